The number of hydrogen-bond acceptors (Lipinski definition) is 3. The van der Waals surface area contributed by atoms with Gasteiger partial charge in [0, 0.05) is 6.20 Å². The van der Waals surface area contributed by atoms with Crippen LogP contribution in [0.2, 0.25) is 0 Å². The van der Waals surface area contributed by atoms with Crippen molar-refractivity contribution in [2.75, 3.05) is 0 Å². The molecule has 0 saturated carbocycles. The van der Waals surface area contributed by atoms with Crippen LogP contribution in [0, 0.1) is 6.92 Å². The Kier molecular flexibility index (Phi) is 1.81. The van der Waals surface area contributed by atoms with Crippen LogP contribution in [0.25, 0.3) is 5.65 Å². The van der Waals surface area contributed by atoms with Gasteiger partial charge in [-0.1, -0.05) is 9.95 Å². The van der Waals surface area contributed by atoms with Crippen LogP contribution in [0.3, 0.4) is 0 Å². The Labute approximate surface area is 80.2 Å². The lowest BCUT2D eigenvalue weighted by Crippen LogP contribution is -1.99. The van der Waals surface area contributed by atoms with E-state index in [9.17, 15) is 12.3 Å². The van der Waals surface area contributed by atoms with Crippen LogP contribution in [-0.4, -0.2) is 17.8 Å². The molecule has 0 aromatic carbocycles. The summed E-state index contributed by atoms with van der Waals surface area (Å²) >= 11 is 0. The van der Waals surface area contributed by atoms with Crippen molar-refractivity contribution in [3.8, 4) is 0 Å². The van der Waals surface area contributed by atoms with E-state index in [1.807, 2.05) is 0 Å². The number of nitrogens with zero attached hydrogens (tertiary/aromatic N) is 2. The van der Waals surface area contributed by atoms with Gasteiger partial charge >= 0.3 is 10.2 Å². The van der Waals surface area contributed by atoms with E-state index in [1.165, 1.54) is 17.5 Å². The number of halogens is 1. The number of fused-ring (bicyclic) bond motifs is 1. The van der Waals surface area contributed by atoms with Gasteiger partial charge in [-0.2, -0.15) is 8.42 Å². The molecule has 0 aliphatic rings. The highest BCUT2D eigenvalue weighted by atomic mass is 32.3. The third kappa shape index (κ3) is 1.27. The number of hydrogen-bond donors (Lipinski definition) is 0. The minimum absolute atomic E-state index is 0.165. The molecule has 2 aromatic rings. The summed E-state index contributed by atoms with van der Waals surface area (Å²) in [5.41, 5.74) is 0.583. The Morgan fingerprint density at radius 3 is 2.79 bits per heavy atom. The first-order valence-electron chi connectivity index (χ1n) is 3.88. The highest BCUT2D eigenvalue weighted by molar-refractivity contribution is 7.86. The lowest BCUT2D eigenvalue weighted by Gasteiger charge is -1.95. The summed E-state index contributed by atoms with van der Waals surface area (Å²) in [6.45, 7) is 1.46. The van der Waals surface area contributed by atoms with E-state index in [1.54, 1.807) is 18.2 Å². The monoisotopic (exact) mass is 214 g/mol. The quantitative estimate of drug-likeness (QED) is 0.672. The van der Waals surface area contributed by atoms with Gasteiger partial charge < -0.3 is 0 Å². The predicted octanol–water partition coefficient (Wildman–Crippen LogP) is 1.30. The van der Waals surface area contributed by atoms with E-state index in [0.717, 1.165) is 0 Å². The fourth-order valence-corrected chi connectivity index (χ4v) is 2.17. The fraction of sp³-hybridized carbons (Fsp3) is 0.125. The van der Waals surface area contributed by atoms with Crippen molar-refractivity contribution in [2.24, 2.45) is 0 Å². The topological polar surface area (TPSA) is 51.4 Å². The Bertz CT molecular complexity index is 588. The molecule has 0 aliphatic carbocycles. The molecule has 0 atom stereocenters. The number of imidazole rings is 1. The molecule has 0 fully saturated rings. The number of aryl methyl sites for hydroxylation is 1. The minimum atomic E-state index is -4.72. The Balaban J connectivity index is 2.95. The lowest BCUT2D eigenvalue weighted by molar-refractivity contribution is 0.545. The molecule has 0 aliphatic heterocycles. The summed E-state index contributed by atoms with van der Waals surface area (Å²) in [6.07, 6.45) is 1.46. The largest absolute Gasteiger partial charge is 0.350 e. The molecule has 6 heteroatoms. The first kappa shape index (κ1) is 9.14. The summed E-state index contributed by atoms with van der Waals surface area (Å²) in [6, 6.07) is 4.93. The zero-order chi connectivity index (χ0) is 10.3. The molecule has 2 aromatic heterocycles. The minimum Gasteiger partial charge on any atom is -0.288 e. The van der Waals surface area contributed by atoms with Crippen molar-refractivity contribution in [3.63, 3.8) is 0 Å². The molecule has 2 heterocycles. The maximum absolute atomic E-state index is 12.9. The van der Waals surface area contributed by atoms with E-state index < -0.39 is 15.2 Å². The van der Waals surface area contributed by atoms with Gasteiger partial charge in [0.15, 0.2) is 5.03 Å². The van der Waals surface area contributed by atoms with Crippen LogP contribution >= 0.6 is 0 Å². The van der Waals surface area contributed by atoms with E-state index in [4.69, 9.17) is 0 Å². The molecule has 0 radical (unpaired) electrons. The smallest absolute Gasteiger partial charge is 0.288 e. The number of pyridine rings is 1. The molecule has 74 valence electrons. The normalized spacial score (nSPS) is 12.1. The molecule has 4 nitrogen and oxygen atoms in total. The summed E-state index contributed by atoms with van der Waals surface area (Å²) in [5.74, 6) is 0. The van der Waals surface area contributed by atoms with E-state index >= 15 is 0 Å². The zero-order valence-electron chi connectivity index (χ0n) is 7.31. The second-order valence-electron chi connectivity index (χ2n) is 2.87. The second kappa shape index (κ2) is 2.78. The lowest BCUT2D eigenvalue weighted by atomic mass is 10.5. The molecule has 0 unspecified atom stereocenters. The van der Waals surface area contributed by atoms with Crippen LogP contribution in [0.5, 0.6) is 0 Å². The Morgan fingerprint density at radius 2 is 2.14 bits per heavy atom. The van der Waals surface area contributed by atoms with Gasteiger partial charge in [0.2, 0.25) is 0 Å². The van der Waals surface area contributed by atoms with Crippen LogP contribution in [0.15, 0.2) is 29.4 Å². The summed E-state index contributed by atoms with van der Waals surface area (Å²) in [4.78, 5) is 3.92. The van der Waals surface area contributed by atoms with Crippen molar-refractivity contribution in [2.45, 2.75) is 11.9 Å². The van der Waals surface area contributed by atoms with Crippen LogP contribution in [0.4, 0.5) is 3.89 Å². The summed E-state index contributed by atoms with van der Waals surface area (Å²) in [5, 5.41) is -0.395. The molecule has 0 bridgehead atoms. The van der Waals surface area contributed by atoms with Gasteiger partial charge in [0.25, 0.3) is 0 Å². The van der Waals surface area contributed by atoms with Gasteiger partial charge in [-0.05, 0) is 19.1 Å². The first-order chi connectivity index (χ1) is 6.50. The fourth-order valence-electron chi connectivity index (χ4n) is 1.38. The third-order valence-electron chi connectivity index (χ3n) is 1.88. The maximum Gasteiger partial charge on any atom is 0.350 e. The van der Waals surface area contributed by atoms with Gasteiger partial charge in [-0.3, -0.25) is 4.40 Å². The molecule has 14 heavy (non-hydrogen) atoms. The Hall–Kier alpha value is -1.43. The SMILES string of the molecule is Cc1nc2ccccn2c1S(=O)(=O)F. The highest BCUT2D eigenvalue weighted by Crippen LogP contribution is 2.18. The zero-order valence-corrected chi connectivity index (χ0v) is 8.12. The molecular weight excluding hydrogens is 207 g/mol. The van der Waals surface area contributed by atoms with Crippen molar-refractivity contribution >= 4 is 15.9 Å². The first-order valence-corrected chi connectivity index (χ1v) is 5.27. The number of rotatable bonds is 1. The van der Waals surface area contributed by atoms with Crippen LogP contribution in [-0.2, 0) is 10.2 Å². The maximum atomic E-state index is 12.9. The van der Waals surface area contributed by atoms with Gasteiger partial charge in [-0.15, -0.1) is 0 Å². The van der Waals surface area contributed by atoms with Crippen LogP contribution in [0.1, 0.15) is 5.69 Å². The second-order valence-corrected chi connectivity index (χ2v) is 4.13. The molecule has 0 N–H and O–H groups in total. The van der Waals surface area contributed by atoms with E-state index in [2.05, 4.69) is 4.98 Å². The molecule has 0 saturated heterocycles. The van der Waals surface area contributed by atoms with Crippen molar-refractivity contribution < 1.29 is 12.3 Å². The summed E-state index contributed by atoms with van der Waals surface area (Å²) < 4.78 is 35.7. The predicted molar refractivity (Wildman–Crippen MR) is 48.2 cm³/mol. The average Bonchev–Trinajstić information content (AvgIpc) is 2.38. The third-order valence-corrected chi connectivity index (χ3v) is 2.83. The van der Waals surface area contributed by atoms with Gasteiger partial charge in [0.1, 0.15) is 5.65 Å². The van der Waals surface area contributed by atoms with Gasteiger partial charge in [-0.25, -0.2) is 4.98 Å². The Morgan fingerprint density at radius 1 is 1.43 bits per heavy atom. The molecular formula is C8H7FN2O2S. The van der Waals surface area contributed by atoms with Crippen molar-refractivity contribution in [1.82, 2.24) is 9.38 Å². The van der Waals surface area contributed by atoms with E-state index in [-0.39, 0.29) is 5.69 Å². The van der Waals surface area contributed by atoms with Crippen molar-refractivity contribution in [1.29, 1.82) is 0 Å². The highest BCUT2D eigenvalue weighted by Gasteiger charge is 2.21. The van der Waals surface area contributed by atoms with Crippen molar-refractivity contribution in [3.05, 3.63) is 30.1 Å². The molecule has 0 spiro atoms. The standard InChI is InChI=1S/C8H7FN2O2S/c1-6-8(14(9,12)13)11-5-3-2-4-7(11)10-6/h2-5H,1H3. The van der Waals surface area contributed by atoms with Gasteiger partial charge in [0.05, 0.1) is 5.69 Å². The molecule has 0 amide bonds. The van der Waals surface area contributed by atoms with Crippen LogP contribution < -0.4 is 0 Å². The van der Waals surface area contributed by atoms with E-state index in [0.29, 0.717) is 5.65 Å². The summed E-state index contributed by atoms with van der Waals surface area (Å²) in [7, 11) is -4.72. The number of aromatic nitrogens is 2. The average molecular weight is 214 g/mol. The molecule has 2 rings (SSSR count).